The SMILES string of the molecule is Cl.NC1CCCC(C(=O)N2CCc3ccccc3C2)C1. The molecule has 4 heteroatoms. The molecule has 1 fully saturated rings. The lowest BCUT2D eigenvalue weighted by atomic mass is 9.84. The van der Waals surface area contributed by atoms with E-state index in [4.69, 9.17) is 5.73 Å². The molecule has 1 aromatic carbocycles. The number of nitrogens with two attached hydrogens (primary N) is 1. The Morgan fingerprint density at radius 2 is 1.95 bits per heavy atom. The summed E-state index contributed by atoms with van der Waals surface area (Å²) in [6, 6.07) is 8.68. The second-order valence-electron chi connectivity index (χ2n) is 5.90. The van der Waals surface area contributed by atoms with Gasteiger partial charge in [-0.15, -0.1) is 12.4 Å². The zero-order valence-corrected chi connectivity index (χ0v) is 12.6. The molecular formula is C16H23ClN2O. The minimum absolute atomic E-state index is 0. The fraction of sp³-hybridized carbons (Fsp3) is 0.562. The predicted molar refractivity (Wildman–Crippen MR) is 82.7 cm³/mol. The molecule has 1 aliphatic carbocycles. The van der Waals surface area contributed by atoms with E-state index in [1.165, 1.54) is 11.1 Å². The van der Waals surface area contributed by atoms with Gasteiger partial charge in [-0.05, 0) is 36.8 Å². The van der Waals surface area contributed by atoms with Crippen molar-refractivity contribution < 1.29 is 4.79 Å². The van der Waals surface area contributed by atoms with Crippen LogP contribution in [-0.4, -0.2) is 23.4 Å². The third kappa shape index (κ3) is 3.15. The van der Waals surface area contributed by atoms with Crippen LogP contribution in [0, 0.1) is 5.92 Å². The van der Waals surface area contributed by atoms with Crippen molar-refractivity contribution in [1.29, 1.82) is 0 Å². The molecule has 2 aliphatic rings. The Hall–Kier alpha value is -1.06. The second kappa shape index (κ2) is 6.59. The average molecular weight is 295 g/mol. The Morgan fingerprint density at radius 1 is 1.20 bits per heavy atom. The molecule has 0 saturated heterocycles. The molecule has 20 heavy (non-hydrogen) atoms. The molecule has 2 N–H and O–H groups in total. The summed E-state index contributed by atoms with van der Waals surface area (Å²) in [5.41, 5.74) is 8.70. The monoisotopic (exact) mass is 294 g/mol. The van der Waals surface area contributed by atoms with Crippen LogP contribution in [0.15, 0.2) is 24.3 Å². The molecule has 0 spiro atoms. The Morgan fingerprint density at radius 3 is 2.70 bits per heavy atom. The number of hydrogen-bond acceptors (Lipinski definition) is 2. The van der Waals surface area contributed by atoms with E-state index >= 15 is 0 Å². The normalized spacial score (nSPS) is 25.6. The fourth-order valence-electron chi connectivity index (χ4n) is 3.39. The van der Waals surface area contributed by atoms with Crippen molar-refractivity contribution in [2.75, 3.05) is 6.54 Å². The van der Waals surface area contributed by atoms with Crippen molar-refractivity contribution in [3.63, 3.8) is 0 Å². The van der Waals surface area contributed by atoms with Gasteiger partial charge in [0, 0.05) is 25.0 Å². The fourth-order valence-corrected chi connectivity index (χ4v) is 3.39. The van der Waals surface area contributed by atoms with E-state index in [-0.39, 0.29) is 24.4 Å². The van der Waals surface area contributed by atoms with Crippen LogP contribution in [0.4, 0.5) is 0 Å². The van der Waals surface area contributed by atoms with Crippen LogP contribution >= 0.6 is 12.4 Å². The number of fused-ring (bicyclic) bond motifs is 1. The molecule has 1 amide bonds. The second-order valence-corrected chi connectivity index (χ2v) is 5.90. The number of nitrogens with zero attached hydrogens (tertiary/aromatic N) is 1. The van der Waals surface area contributed by atoms with Gasteiger partial charge < -0.3 is 10.6 Å². The van der Waals surface area contributed by atoms with E-state index in [9.17, 15) is 4.79 Å². The largest absolute Gasteiger partial charge is 0.338 e. The van der Waals surface area contributed by atoms with E-state index in [2.05, 4.69) is 24.3 Å². The summed E-state index contributed by atoms with van der Waals surface area (Å²) in [4.78, 5) is 14.6. The highest BCUT2D eigenvalue weighted by Crippen LogP contribution is 2.27. The lowest BCUT2D eigenvalue weighted by Gasteiger charge is -2.34. The van der Waals surface area contributed by atoms with E-state index in [0.717, 1.165) is 45.2 Å². The van der Waals surface area contributed by atoms with Crippen LogP contribution in [0.2, 0.25) is 0 Å². The molecule has 0 bridgehead atoms. The summed E-state index contributed by atoms with van der Waals surface area (Å²) < 4.78 is 0. The maximum atomic E-state index is 12.6. The molecule has 0 aromatic heterocycles. The molecule has 2 unspecified atom stereocenters. The first-order valence-electron chi connectivity index (χ1n) is 7.35. The summed E-state index contributed by atoms with van der Waals surface area (Å²) in [7, 11) is 0. The molecule has 1 saturated carbocycles. The van der Waals surface area contributed by atoms with Crippen LogP contribution in [0.25, 0.3) is 0 Å². The zero-order chi connectivity index (χ0) is 13.2. The number of carbonyl (C=O) groups is 1. The molecule has 1 heterocycles. The molecule has 2 atom stereocenters. The Kier molecular flexibility index (Phi) is 5.06. The quantitative estimate of drug-likeness (QED) is 0.865. The van der Waals surface area contributed by atoms with Crippen molar-refractivity contribution in [2.45, 2.75) is 44.7 Å². The number of benzene rings is 1. The standard InChI is InChI=1S/C16H22N2O.ClH/c17-15-7-3-6-13(10-15)16(19)18-9-8-12-4-1-2-5-14(12)11-18;/h1-2,4-5,13,15H,3,6-11,17H2;1H. The summed E-state index contributed by atoms with van der Waals surface area (Å²) >= 11 is 0. The number of hydrogen-bond donors (Lipinski definition) is 1. The Labute approximate surface area is 126 Å². The van der Waals surface area contributed by atoms with Crippen molar-refractivity contribution in [3.05, 3.63) is 35.4 Å². The first-order chi connectivity index (χ1) is 9.24. The Bertz CT molecular complexity index is 477. The van der Waals surface area contributed by atoms with Gasteiger partial charge in [-0.25, -0.2) is 0 Å². The van der Waals surface area contributed by atoms with Crippen molar-refractivity contribution in [2.24, 2.45) is 11.7 Å². The summed E-state index contributed by atoms with van der Waals surface area (Å²) in [5.74, 6) is 0.485. The van der Waals surface area contributed by atoms with Gasteiger partial charge in [0.05, 0.1) is 0 Å². The Balaban J connectivity index is 0.00000147. The van der Waals surface area contributed by atoms with Gasteiger partial charge >= 0.3 is 0 Å². The van der Waals surface area contributed by atoms with Crippen LogP contribution in [0.3, 0.4) is 0 Å². The van der Waals surface area contributed by atoms with Gasteiger partial charge in [0.2, 0.25) is 5.91 Å². The van der Waals surface area contributed by atoms with Crippen LogP contribution < -0.4 is 5.73 Å². The van der Waals surface area contributed by atoms with E-state index < -0.39 is 0 Å². The first kappa shape index (κ1) is 15.3. The zero-order valence-electron chi connectivity index (χ0n) is 11.8. The van der Waals surface area contributed by atoms with E-state index in [1.807, 2.05) is 4.90 Å². The number of rotatable bonds is 1. The van der Waals surface area contributed by atoms with Gasteiger partial charge in [-0.2, -0.15) is 0 Å². The van der Waals surface area contributed by atoms with Crippen molar-refractivity contribution >= 4 is 18.3 Å². The maximum absolute atomic E-state index is 12.6. The third-order valence-electron chi connectivity index (χ3n) is 4.51. The lowest BCUT2D eigenvalue weighted by molar-refractivity contribution is -0.137. The van der Waals surface area contributed by atoms with E-state index in [1.54, 1.807) is 0 Å². The smallest absolute Gasteiger partial charge is 0.226 e. The minimum Gasteiger partial charge on any atom is -0.338 e. The first-order valence-corrected chi connectivity index (χ1v) is 7.35. The topological polar surface area (TPSA) is 46.3 Å². The number of carbonyl (C=O) groups excluding carboxylic acids is 1. The van der Waals surface area contributed by atoms with Gasteiger partial charge in [0.1, 0.15) is 0 Å². The molecule has 3 nitrogen and oxygen atoms in total. The summed E-state index contributed by atoms with van der Waals surface area (Å²) in [5, 5.41) is 0. The molecule has 3 rings (SSSR count). The van der Waals surface area contributed by atoms with Crippen molar-refractivity contribution in [1.82, 2.24) is 4.90 Å². The molecule has 1 aromatic rings. The van der Waals surface area contributed by atoms with Gasteiger partial charge in [0.15, 0.2) is 0 Å². The van der Waals surface area contributed by atoms with Gasteiger partial charge in [-0.3, -0.25) is 4.79 Å². The molecule has 1 aliphatic heterocycles. The van der Waals surface area contributed by atoms with Gasteiger partial charge in [-0.1, -0.05) is 30.7 Å². The molecular weight excluding hydrogens is 272 g/mol. The van der Waals surface area contributed by atoms with Crippen molar-refractivity contribution in [3.8, 4) is 0 Å². The lowest BCUT2D eigenvalue weighted by Crippen LogP contribution is -2.42. The van der Waals surface area contributed by atoms with Crippen LogP contribution in [-0.2, 0) is 17.8 Å². The van der Waals surface area contributed by atoms with Crippen LogP contribution in [0.5, 0.6) is 0 Å². The maximum Gasteiger partial charge on any atom is 0.226 e. The minimum atomic E-state index is 0. The number of amides is 1. The van der Waals surface area contributed by atoms with Gasteiger partial charge in [0.25, 0.3) is 0 Å². The number of halogens is 1. The highest BCUT2D eigenvalue weighted by Gasteiger charge is 2.30. The molecule has 110 valence electrons. The average Bonchev–Trinajstić information content (AvgIpc) is 2.46. The summed E-state index contributed by atoms with van der Waals surface area (Å²) in [6.45, 7) is 1.64. The molecule has 0 radical (unpaired) electrons. The van der Waals surface area contributed by atoms with E-state index in [0.29, 0.717) is 5.91 Å². The predicted octanol–water partition coefficient (Wildman–Crippen LogP) is 2.51. The highest BCUT2D eigenvalue weighted by atomic mass is 35.5. The third-order valence-corrected chi connectivity index (χ3v) is 4.51. The highest BCUT2D eigenvalue weighted by molar-refractivity contribution is 5.85. The van der Waals surface area contributed by atoms with Crippen LogP contribution in [0.1, 0.15) is 36.8 Å². The summed E-state index contributed by atoms with van der Waals surface area (Å²) in [6.07, 6.45) is 5.05.